The number of carbonyl (C=O) groups is 3. The zero-order valence-electron chi connectivity index (χ0n) is 15.2. The van der Waals surface area contributed by atoms with Gasteiger partial charge in [-0.2, -0.15) is 0 Å². The van der Waals surface area contributed by atoms with E-state index in [1.807, 2.05) is 6.92 Å². The van der Waals surface area contributed by atoms with E-state index in [4.69, 9.17) is 15.2 Å². The number of nitrogens with two attached hydrogens (primary N) is 1. The van der Waals surface area contributed by atoms with Crippen LogP contribution in [0.5, 0.6) is 5.75 Å². The molecule has 0 heterocycles. The van der Waals surface area contributed by atoms with Crippen LogP contribution in [0.3, 0.4) is 0 Å². The number of esters is 1. The van der Waals surface area contributed by atoms with Gasteiger partial charge in [0.25, 0.3) is 0 Å². The van der Waals surface area contributed by atoms with Crippen LogP contribution in [0, 0.1) is 0 Å². The maximum Gasteiger partial charge on any atom is 0.338 e. The fourth-order valence-corrected chi connectivity index (χ4v) is 2.35. The highest BCUT2D eigenvalue weighted by atomic mass is 16.5. The van der Waals surface area contributed by atoms with Gasteiger partial charge in [0.1, 0.15) is 5.75 Å². The highest BCUT2D eigenvalue weighted by molar-refractivity contribution is 6.01. The Morgan fingerprint density at radius 1 is 1.00 bits per heavy atom. The lowest BCUT2D eigenvalue weighted by Gasteiger charge is -2.13. The molecule has 0 radical (unpaired) electrons. The van der Waals surface area contributed by atoms with E-state index >= 15 is 0 Å². The van der Waals surface area contributed by atoms with Gasteiger partial charge in [-0.05, 0) is 55.8 Å². The van der Waals surface area contributed by atoms with Crippen molar-refractivity contribution in [3.8, 4) is 5.75 Å². The van der Waals surface area contributed by atoms with Gasteiger partial charge in [-0.1, -0.05) is 12.1 Å². The highest BCUT2D eigenvalue weighted by Crippen LogP contribution is 2.15. The molecule has 2 aromatic rings. The Morgan fingerprint density at radius 2 is 1.59 bits per heavy atom. The van der Waals surface area contributed by atoms with Gasteiger partial charge in [-0.15, -0.1) is 0 Å². The normalized spacial score (nSPS) is 11.3. The molecular weight excluding hydrogens is 348 g/mol. The summed E-state index contributed by atoms with van der Waals surface area (Å²) >= 11 is 0. The molecule has 1 atom stereocenters. The number of nitrogens with one attached hydrogen (secondary N) is 1. The number of ether oxygens (including phenoxy) is 2. The van der Waals surface area contributed by atoms with Crippen LogP contribution in [0.15, 0.2) is 48.5 Å². The van der Waals surface area contributed by atoms with Crippen LogP contribution < -0.4 is 15.8 Å². The second-order valence-electron chi connectivity index (χ2n) is 5.78. The zero-order chi connectivity index (χ0) is 19.8. The number of amides is 2. The number of carbonyl (C=O) groups excluding carboxylic acids is 3. The summed E-state index contributed by atoms with van der Waals surface area (Å²) < 4.78 is 10.6. The van der Waals surface area contributed by atoms with E-state index in [9.17, 15) is 14.4 Å². The molecule has 0 unspecified atom stereocenters. The summed E-state index contributed by atoms with van der Waals surface area (Å²) in [6.45, 7) is 4.21. The smallest absolute Gasteiger partial charge is 0.338 e. The Balaban J connectivity index is 1.95. The van der Waals surface area contributed by atoms with Gasteiger partial charge >= 0.3 is 12.0 Å². The number of Topliss-reactive ketones (excluding diaryl/α,β-unsaturated/α-hetero) is 1. The lowest BCUT2D eigenvalue weighted by Crippen LogP contribution is -2.28. The largest absolute Gasteiger partial charge is 0.494 e. The molecule has 0 aliphatic carbocycles. The van der Waals surface area contributed by atoms with Crippen LogP contribution in [-0.2, 0) is 11.3 Å². The van der Waals surface area contributed by atoms with Crippen LogP contribution in [-0.4, -0.2) is 30.5 Å². The highest BCUT2D eigenvalue weighted by Gasteiger charge is 2.20. The quantitative estimate of drug-likeness (QED) is 0.549. The Morgan fingerprint density at radius 3 is 2.15 bits per heavy atom. The van der Waals surface area contributed by atoms with Crippen molar-refractivity contribution in [3.05, 3.63) is 65.2 Å². The fraction of sp³-hybridized carbons (Fsp3) is 0.250. The van der Waals surface area contributed by atoms with E-state index in [1.165, 1.54) is 6.92 Å². The number of hydrogen-bond donors (Lipinski definition) is 2. The van der Waals surface area contributed by atoms with E-state index in [1.54, 1.807) is 48.5 Å². The van der Waals surface area contributed by atoms with Crippen LogP contribution in [0.25, 0.3) is 0 Å². The van der Waals surface area contributed by atoms with Crippen molar-refractivity contribution in [1.82, 2.24) is 5.32 Å². The molecule has 0 aromatic heterocycles. The molecule has 27 heavy (non-hydrogen) atoms. The van der Waals surface area contributed by atoms with E-state index in [-0.39, 0.29) is 12.3 Å². The molecule has 0 aliphatic heterocycles. The van der Waals surface area contributed by atoms with E-state index in [0.717, 1.165) is 5.56 Å². The Labute approximate surface area is 157 Å². The summed E-state index contributed by atoms with van der Waals surface area (Å²) in [6.07, 6.45) is -0.924. The average Bonchev–Trinajstić information content (AvgIpc) is 2.67. The third kappa shape index (κ3) is 5.85. The first-order valence-corrected chi connectivity index (χ1v) is 8.51. The van der Waals surface area contributed by atoms with Gasteiger partial charge in [-0.3, -0.25) is 4.79 Å². The maximum absolute atomic E-state index is 12.4. The summed E-state index contributed by atoms with van der Waals surface area (Å²) in [4.78, 5) is 35.3. The second kappa shape index (κ2) is 9.38. The molecule has 7 nitrogen and oxygen atoms in total. The number of primary amides is 1. The average molecular weight is 370 g/mol. The number of rotatable bonds is 8. The van der Waals surface area contributed by atoms with Crippen molar-refractivity contribution in [1.29, 1.82) is 0 Å². The summed E-state index contributed by atoms with van der Waals surface area (Å²) in [5, 5.41) is 2.46. The standard InChI is InChI=1S/C20H22N2O5/c1-3-26-17-10-8-15(9-11-17)18(23)13(2)27-19(24)16-6-4-14(5-7-16)12-22-20(21)25/h4-11,13H,3,12H2,1-2H3,(H3,21,22,25)/t13-/m1/s1. The van der Waals surface area contributed by atoms with Gasteiger partial charge in [0, 0.05) is 12.1 Å². The molecule has 142 valence electrons. The number of benzene rings is 2. The molecule has 7 heteroatoms. The molecule has 0 spiro atoms. The molecule has 0 bridgehead atoms. The van der Waals surface area contributed by atoms with Crippen molar-refractivity contribution in [3.63, 3.8) is 0 Å². The van der Waals surface area contributed by atoms with Gasteiger partial charge in [-0.25, -0.2) is 9.59 Å². The first-order valence-electron chi connectivity index (χ1n) is 8.51. The molecule has 0 saturated carbocycles. The molecule has 0 fully saturated rings. The first-order chi connectivity index (χ1) is 12.9. The maximum atomic E-state index is 12.4. The summed E-state index contributed by atoms with van der Waals surface area (Å²) in [5.74, 6) is -0.227. The SMILES string of the molecule is CCOc1ccc(C(=O)[C@@H](C)OC(=O)c2ccc(CNC(N)=O)cc2)cc1. The Hall–Kier alpha value is -3.35. The monoisotopic (exact) mass is 370 g/mol. The minimum atomic E-state index is -0.924. The third-order valence-electron chi connectivity index (χ3n) is 3.76. The van der Waals surface area contributed by atoms with Crippen LogP contribution in [0.4, 0.5) is 4.79 Å². The molecule has 2 rings (SSSR count). The third-order valence-corrected chi connectivity index (χ3v) is 3.76. The molecule has 0 aliphatic rings. The van der Waals surface area contributed by atoms with Crippen molar-refractivity contribution >= 4 is 17.8 Å². The Bertz CT molecular complexity index is 800. The minimum absolute atomic E-state index is 0.261. The molecule has 0 saturated heterocycles. The van der Waals surface area contributed by atoms with Gasteiger partial charge in [0.15, 0.2) is 6.10 Å². The number of hydrogen-bond acceptors (Lipinski definition) is 5. The summed E-state index contributed by atoms with van der Waals surface area (Å²) in [6, 6.07) is 12.5. The van der Waals surface area contributed by atoms with Crippen LogP contribution in [0.1, 0.15) is 40.1 Å². The summed E-state index contributed by atoms with van der Waals surface area (Å²) in [5.41, 5.74) is 6.54. The van der Waals surface area contributed by atoms with Gasteiger partial charge < -0.3 is 20.5 Å². The van der Waals surface area contributed by atoms with Gasteiger partial charge in [0.05, 0.1) is 12.2 Å². The van der Waals surface area contributed by atoms with E-state index in [2.05, 4.69) is 5.32 Å². The van der Waals surface area contributed by atoms with Crippen LogP contribution in [0.2, 0.25) is 0 Å². The predicted octanol–water partition coefficient (Wildman–Crippen LogP) is 2.68. The van der Waals surface area contributed by atoms with Crippen molar-refractivity contribution < 1.29 is 23.9 Å². The second-order valence-corrected chi connectivity index (χ2v) is 5.78. The topological polar surface area (TPSA) is 108 Å². The number of urea groups is 1. The Kier molecular flexibility index (Phi) is 6.93. The van der Waals surface area contributed by atoms with E-state index < -0.39 is 18.1 Å². The van der Waals surface area contributed by atoms with Crippen molar-refractivity contribution in [2.45, 2.75) is 26.5 Å². The molecule has 2 aromatic carbocycles. The molecule has 2 amide bonds. The summed E-state index contributed by atoms with van der Waals surface area (Å²) in [7, 11) is 0. The minimum Gasteiger partial charge on any atom is -0.494 e. The lowest BCUT2D eigenvalue weighted by molar-refractivity contribution is 0.0319. The lowest BCUT2D eigenvalue weighted by atomic mass is 10.1. The molecule has 3 N–H and O–H groups in total. The van der Waals surface area contributed by atoms with Crippen molar-refractivity contribution in [2.24, 2.45) is 5.73 Å². The first kappa shape index (κ1) is 20.0. The fourth-order valence-electron chi connectivity index (χ4n) is 2.35. The van der Waals surface area contributed by atoms with Gasteiger partial charge in [0.2, 0.25) is 5.78 Å². The number of ketones is 1. The molecular formula is C20H22N2O5. The van der Waals surface area contributed by atoms with Crippen molar-refractivity contribution in [2.75, 3.05) is 6.61 Å². The predicted molar refractivity (Wildman–Crippen MR) is 99.7 cm³/mol. The van der Waals surface area contributed by atoms with Crippen LogP contribution >= 0.6 is 0 Å². The zero-order valence-corrected chi connectivity index (χ0v) is 15.2. The van der Waals surface area contributed by atoms with E-state index in [0.29, 0.717) is 23.5 Å².